The maximum absolute atomic E-state index is 7.07. The van der Waals surface area contributed by atoms with Gasteiger partial charge < -0.3 is 18.3 Å². The molecule has 0 radical (unpaired) electrons. The SMILES string of the molecule is CO[C@H](CCOCc1ccccc1)[C@@](C)(CCCO[Si](C)(C)C(C)(C)C)O[Si](C)(C)C(C)(C)C. The minimum Gasteiger partial charge on any atom is -0.417 e. The molecule has 0 heterocycles. The first kappa shape index (κ1) is 31.5. The van der Waals surface area contributed by atoms with E-state index in [1.807, 2.05) is 18.2 Å². The van der Waals surface area contributed by atoms with E-state index in [-0.39, 0.29) is 21.8 Å². The topological polar surface area (TPSA) is 36.9 Å². The van der Waals surface area contributed by atoms with E-state index in [1.54, 1.807) is 7.11 Å². The highest BCUT2D eigenvalue weighted by Crippen LogP contribution is 2.42. The highest BCUT2D eigenvalue weighted by molar-refractivity contribution is 6.74. The van der Waals surface area contributed by atoms with Crippen LogP contribution in [0.3, 0.4) is 0 Å². The zero-order chi connectivity index (χ0) is 26.3. The third-order valence-electron chi connectivity index (χ3n) is 7.98. The largest absolute Gasteiger partial charge is 0.417 e. The van der Waals surface area contributed by atoms with E-state index in [4.69, 9.17) is 18.3 Å². The Morgan fingerprint density at radius 3 is 1.85 bits per heavy atom. The van der Waals surface area contributed by atoms with Crippen molar-refractivity contribution in [1.82, 2.24) is 0 Å². The van der Waals surface area contributed by atoms with Gasteiger partial charge in [0.1, 0.15) is 0 Å². The van der Waals surface area contributed by atoms with Crippen molar-refractivity contribution in [2.45, 2.75) is 122 Å². The van der Waals surface area contributed by atoms with Gasteiger partial charge in [0.2, 0.25) is 0 Å². The van der Waals surface area contributed by atoms with Crippen molar-refractivity contribution >= 4 is 16.6 Å². The molecular formula is C28H54O4Si2. The minimum atomic E-state index is -2.00. The predicted molar refractivity (Wildman–Crippen MR) is 151 cm³/mol. The number of rotatable bonds is 14. The predicted octanol–water partition coefficient (Wildman–Crippen LogP) is 8.19. The van der Waals surface area contributed by atoms with Crippen LogP contribution in [0.4, 0.5) is 0 Å². The Morgan fingerprint density at radius 2 is 1.35 bits per heavy atom. The van der Waals surface area contributed by atoms with Crippen molar-refractivity contribution in [3.05, 3.63) is 35.9 Å². The molecule has 0 unspecified atom stereocenters. The van der Waals surface area contributed by atoms with Gasteiger partial charge in [0.05, 0.1) is 18.3 Å². The summed E-state index contributed by atoms with van der Waals surface area (Å²) in [4.78, 5) is 0. The second-order valence-electron chi connectivity index (χ2n) is 12.9. The van der Waals surface area contributed by atoms with Crippen LogP contribution in [0, 0.1) is 0 Å². The lowest BCUT2D eigenvalue weighted by atomic mass is 9.91. The van der Waals surface area contributed by atoms with Gasteiger partial charge in [0.25, 0.3) is 0 Å². The normalized spacial score (nSPS) is 16.4. The van der Waals surface area contributed by atoms with E-state index >= 15 is 0 Å². The summed E-state index contributed by atoms with van der Waals surface area (Å²) in [5, 5.41) is 0.354. The highest BCUT2D eigenvalue weighted by Gasteiger charge is 2.46. The molecule has 0 N–H and O–H groups in total. The fraction of sp³-hybridized carbons (Fsp3) is 0.786. The summed E-state index contributed by atoms with van der Waals surface area (Å²) >= 11 is 0. The summed E-state index contributed by atoms with van der Waals surface area (Å²) in [5.74, 6) is 0. The molecule has 0 saturated heterocycles. The number of hydrogen-bond acceptors (Lipinski definition) is 4. The first-order valence-corrected chi connectivity index (χ1v) is 18.8. The molecule has 0 fully saturated rings. The fourth-order valence-electron chi connectivity index (χ4n) is 3.61. The molecule has 6 heteroatoms. The molecule has 2 atom stereocenters. The zero-order valence-electron chi connectivity index (χ0n) is 24.3. The van der Waals surface area contributed by atoms with Gasteiger partial charge in [0, 0.05) is 20.3 Å². The van der Waals surface area contributed by atoms with Gasteiger partial charge >= 0.3 is 0 Å². The first-order valence-electron chi connectivity index (χ1n) is 12.9. The van der Waals surface area contributed by atoms with Crippen molar-refractivity contribution < 1.29 is 18.3 Å². The number of ether oxygens (including phenoxy) is 2. The molecule has 0 spiro atoms. The Balaban J connectivity index is 2.87. The summed E-state index contributed by atoms with van der Waals surface area (Å²) in [5.41, 5.74) is 0.810. The molecule has 198 valence electrons. The lowest BCUT2D eigenvalue weighted by Crippen LogP contribution is -2.54. The number of benzene rings is 1. The summed E-state index contributed by atoms with van der Waals surface area (Å²) in [6.45, 7) is 27.3. The lowest BCUT2D eigenvalue weighted by Gasteiger charge is -2.47. The second-order valence-corrected chi connectivity index (χ2v) is 22.5. The smallest absolute Gasteiger partial charge is 0.192 e. The Kier molecular flexibility index (Phi) is 11.7. The molecule has 0 aromatic heterocycles. The fourth-order valence-corrected chi connectivity index (χ4v) is 6.40. The van der Waals surface area contributed by atoms with E-state index in [2.05, 4.69) is 86.8 Å². The van der Waals surface area contributed by atoms with E-state index < -0.39 is 16.6 Å². The van der Waals surface area contributed by atoms with Crippen LogP contribution in [0.1, 0.15) is 73.3 Å². The number of methoxy groups -OCH3 is 1. The number of hydrogen-bond donors (Lipinski definition) is 0. The van der Waals surface area contributed by atoms with Crippen molar-refractivity contribution in [2.75, 3.05) is 20.3 Å². The van der Waals surface area contributed by atoms with Crippen LogP contribution in [0.15, 0.2) is 30.3 Å². The molecule has 1 aromatic carbocycles. The summed E-state index contributed by atoms with van der Waals surface area (Å²) < 4.78 is 25.6. The molecule has 1 aromatic rings. The van der Waals surface area contributed by atoms with Gasteiger partial charge in [-0.1, -0.05) is 71.9 Å². The average molecular weight is 511 g/mol. The molecule has 34 heavy (non-hydrogen) atoms. The van der Waals surface area contributed by atoms with E-state index in [0.717, 1.165) is 25.9 Å². The second kappa shape index (κ2) is 12.6. The molecule has 0 amide bonds. The summed E-state index contributed by atoms with van der Waals surface area (Å²) in [6.07, 6.45) is 2.64. The maximum atomic E-state index is 7.07. The first-order chi connectivity index (χ1) is 15.5. The average Bonchev–Trinajstić information content (AvgIpc) is 2.70. The Labute approximate surface area is 213 Å². The third-order valence-corrected chi connectivity index (χ3v) is 17.1. The summed E-state index contributed by atoms with van der Waals surface area (Å²) in [7, 11) is -1.95. The van der Waals surface area contributed by atoms with Gasteiger partial charge in [-0.05, 0) is 68.0 Å². The maximum Gasteiger partial charge on any atom is 0.192 e. The molecular weight excluding hydrogens is 456 g/mol. The Bertz CT molecular complexity index is 707. The molecule has 0 bridgehead atoms. The van der Waals surface area contributed by atoms with Crippen LogP contribution in [-0.4, -0.2) is 48.7 Å². The van der Waals surface area contributed by atoms with Crippen LogP contribution >= 0.6 is 0 Å². The van der Waals surface area contributed by atoms with E-state index in [1.165, 1.54) is 5.56 Å². The standard InChI is InChI=1S/C28H54O4Si2/c1-26(2,3)33(9,10)31-21-16-20-28(7,32-34(11,12)27(4,5)6)25(29-8)19-22-30-23-24-17-14-13-15-18-24/h13-15,17-18,25H,16,19-23H2,1-12H3/t25-,28-/m1/s1. The molecule has 0 aliphatic heterocycles. The van der Waals surface area contributed by atoms with E-state index in [9.17, 15) is 0 Å². The van der Waals surface area contributed by atoms with Gasteiger partial charge in [-0.15, -0.1) is 0 Å². The molecule has 4 nitrogen and oxygen atoms in total. The van der Waals surface area contributed by atoms with Crippen LogP contribution < -0.4 is 0 Å². The highest BCUT2D eigenvalue weighted by atomic mass is 28.4. The van der Waals surface area contributed by atoms with Crippen LogP contribution in [0.25, 0.3) is 0 Å². The van der Waals surface area contributed by atoms with Crippen molar-refractivity contribution in [1.29, 1.82) is 0 Å². The van der Waals surface area contributed by atoms with E-state index in [0.29, 0.717) is 13.2 Å². The van der Waals surface area contributed by atoms with Gasteiger partial charge in [-0.3, -0.25) is 0 Å². The molecule has 0 aliphatic rings. The molecule has 0 saturated carbocycles. The molecule has 0 aliphatic carbocycles. The summed E-state index contributed by atoms with van der Waals surface area (Å²) in [6, 6.07) is 10.3. The third kappa shape index (κ3) is 9.51. The monoisotopic (exact) mass is 510 g/mol. The lowest BCUT2D eigenvalue weighted by molar-refractivity contribution is -0.0910. The van der Waals surface area contributed by atoms with Crippen molar-refractivity contribution in [2.24, 2.45) is 0 Å². The molecule has 1 rings (SSSR count). The van der Waals surface area contributed by atoms with Crippen LogP contribution in [0.5, 0.6) is 0 Å². The van der Waals surface area contributed by atoms with Gasteiger partial charge in [-0.25, -0.2) is 0 Å². The Morgan fingerprint density at radius 1 is 0.794 bits per heavy atom. The zero-order valence-corrected chi connectivity index (χ0v) is 26.3. The van der Waals surface area contributed by atoms with Gasteiger partial charge in [0.15, 0.2) is 16.6 Å². The van der Waals surface area contributed by atoms with Gasteiger partial charge in [-0.2, -0.15) is 0 Å². The van der Waals surface area contributed by atoms with Crippen molar-refractivity contribution in [3.8, 4) is 0 Å². The van der Waals surface area contributed by atoms with Crippen LogP contribution in [0.2, 0.25) is 36.3 Å². The quantitative estimate of drug-likeness (QED) is 0.187. The minimum absolute atomic E-state index is 0.0368. The van der Waals surface area contributed by atoms with Crippen LogP contribution in [-0.2, 0) is 24.9 Å². The Hall–Kier alpha value is -0.506. The van der Waals surface area contributed by atoms with Crippen molar-refractivity contribution in [3.63, 3.8) is 0 Å².